The van der Waals surface area contributed by atoms with Gasteiger partial charge in [-0.15, -0.1) is 0 Å². The van der Waals surface area contributed by atoms with E-state index in [-0.39, 0.29) is 0 Å². The van der Waals surface area contributed by atoms with Crippen LogP contribution in [0.3, 0.4) is 0 Å². The number of hydrogen-bond acceptors (Lipinski definition) is 2. The Balaban J connectivity index is 0.000000444. The molecule has 0 heterocycles. The summed E-state index contributed by atoms with van der Waals surface area (Å²) >= 11 is 0. The van der Waals surface area contributed by atoms with Gasteiger partial charge in [0.15, 0.2) is 0 Å². The van der Waals surface area contributed by atoms with Crippen LogP contribution in [0.15, 0.2) is 60.7 Å². The number of anilines is 2. The van der Waals surface area contributed by atoms with Crippen LogP contribution in [0.25, 0.3) is 0 Å². The standard InChI is InChI=1S/C13H12N2O.C2H4O2/c14-13(16)15(11-7-3-1-4-8-11)12-9-5-2-6-10-12;1-2(3)4/h1-10H,(H2,14,16);1H3,(H,3,4). The highest BCUT2D eigenvalue weighted by Crippen LogP contribution is 2.23. The maximum Gasteiger partial charge on any atom is 0.323 e. The molecule has 2 aromatic carbocycles. The first-order valence-electron chi connectivity index (χ1n) is 5.91. The molecule has 0 atom stereocenters. The maximum atomic E-state index is 11.4. The van der Waals surface area contributed by atoms with Gasteiger partial charge >= 0.3 is 6.03 Å². The van der Waals surface area contributed by atoms with Crippen LogP contribution in [0.5, 0.6) is 0 Å². The van der Waals surface area contributed by atoms with E-state index in [2.05, 4.69) is 0 Å². The van der Waals surface area contributed by atoms with Crippen molar-refractivity contribution in [3.8, 4) is 0 Å². The minimum absolute atomic E-state index is 0.489. The van der Waals surface area contributed by atoms with Crippen molar-refractivity contribution in [3.63, 3.8) is 0 Å². The Morgan fingerprint density at radius 1 is 0.900 bits per heavy atom. The molecule has 2 rings (SSSR count). The summed E-state index contributed by atoms with van der Waals surface area (Å²) in [6, 6.07) is 18.2. The zero-order valence-electron chi connectivity index (χ0n) is 11.1. The van der Waals surface area contributed by atoms with Crippen molar-refractivity contribution >= 4 is 23.4 Å². The highest BCUT2D eigenvalue weighted by atomic mass is 16.4. The number of carboxylic acid groups (broad SMARTS) is 1. The second-order valence-corrected chi connectivity index (χ2v) is 3.86. The Labute approximate surface area is 117 Å². The van der Waals surface area contributed by atoms with E-state index in [1.54, 1.807) is 0 Å². The average Bonchev–Trinajstić information content (AvgIpc) is 2.40. The fourth-order valence-electron chi connectivity index (χ4n) is 1.56. The van der Waals surface area contributed by atoms with Crippen LogP contribution in [-0.4, -0.2) is 17.1 Å². The molecule has 3 N–H and O–H groups in total. The summed E-state index contributed by atoms with van der Waals surface area (Å²) in [6.07, 6.45) is 0. The van der Waals surface area contributed by atoms with E-state index in [9.17, 15) is 4.79 Å². The molecular formula is C15H16N2O3. The van der Waals surface area contributed by atoms with Crippen LogP contribution in [0.4, 0.5) is 16.2 Å². The SMILES string of the molecule is CC(=O)O.NC(=O)N(c1ccccc1)c1ccccc1. The fourth-order valence-corrected chi connectivity index (χ4v) is 1.56. The van der Waals surface area contributed by atoms with Crippen LogP contribution in [-0.2, 0) is 4.79 Å². The largest absolute Gasteiger partial charge is 0.481 e. The quantitative estimate of drug-likeness (QED) is 0.881. The number of urea groups is 1. The number of aliphatic carboxylic acids is 1. The second kappa shape index (κ2) is 7.58. The number of nitrogens with zero attached hydrogens (tertiary/aromatic N) is 1. The summed E-state index contributed by atoms with van der Waals surface area (Å²) in [7, 11) is 0. The Bertz CT molecular complexity index is 512. The number of carboxylic acids is 1. The number of para-hydroxylation sites is 2. The summed E-state index contributed by atoms with van der Waals surface area (Å²) in [5.41, 5.74) is 6.92. The molecule has 0 aromatic heterocycles. The van der Waals surface area contributed by atoms with Crippen molar-refractivity contribution in [1.29, 1.82) is 0 Å². The molecule has 0 saturated carbocycles. The second-order valence-electron chi connectivity index (χ2n) is 3.86. The smallest absolute Gasteiger partial charge is 0.323 e. The third kappa shape index (κ3) is 4.81. The zero-order chi connectivity index (χ0) is 15.0. The molecule has 0 spiro atoms. The number of carbonyl (C=O) groups excluding carboxylic acids is 1. The zero-order valence-corrected chi connectivity index (χ0v) is 11.1. The van der Waals surface area contributed by atoms with Gasteiger partial charge in [0.2, 0.25) is 0 Å². The van der Waals surface area contributed by atoms with Gasteiger partial charge in [-0.1, -0.05) is 36.4 Å². The van der Waals surface area contributed by atoms with E-state index < -0.39 is 12.0 Å². The molecule has 20 heavy (non-hydrogen) atoms. The van der Waals surface area contributed by atoms with Gasteiger partial charge in [-0.2, -0.15) is 0 Å². The summed E-state index contributed by atoms with van der Waals surface area (Å²) in [5.74, 6) is -0.833. The monoisotopic (exact) mass is 272 g/mol. The van der Waals surface area contributed by atoms with Crippen LogP contribution in [0.2, 0.25) is 0 Å². The maximum absolute atomic E-state index is 11.4. The summed E-state index contributed by atoms with van der Waals surface area (Å²) in [4.78, 5) is 21.9. The minimum atomic E-state index is -0.833. The number of nitrogens with two attached hydrogens (primary N) is 1. The molecule has 0 radical (unpaired) electrons. The predicted octanol–water partition coefficient (Wildman–Crippen LogP) is 2.99. The molecule has 0 bridgehead atoms. The molecular weight excluding hydrogens is 256 g/mol. The van der Waals surface area contributed by atoms with Gasteiger partial charge in [0.1, 0.15) is 0 Å². The first kappa shape index (κ1) is 15.2. The summed E-state index contributed by atoms with van der Waals surface area (Å²) in [6.45, 7) is 1.08. The molecule has 0 unspecified atom stereocenters. The van der Waals surface area contributed by atoms with Gasteiger partial charge < -0.3 is 10.8 Å². The Kier molecular flexibility index (Phi) is 5.77. The molecule has 0 aliphatic carbocycles. The molecule has 104 valence electrons. The molecule has 0 aliphatic heterocycles. The van der Waals surface area contributed by atoms with Crippen molar-refractivity contribution in [2.24, 2.45) is 5.73 Å². The lowest BCUT2D eigenvalue weighted by Crippen LogP contribution is -2.31. The van der Waals surface area contributed by atoms with E-state index in [1.807, 2.05) is 60.7 Å². The molecule has 5 nitrogen and oxygen atoms in total. The highest BCUT2D eigenvalue weighted by Gasteiger charge is 2.13. The van der Waals surface area contributed by atoms with Crippen molar-refractivity contribution in [2.45, 2.75) is 6.92 Å². The Morgan fingerprint density at radius 2 is 1.20 bits per heavy atom. The van der Waals surface area contributed by atoms with E-state index in [4.69, 9.17) is 15.6 Å². The first-order valence-corrected chi connectivity index (χ1v) is 5.91. The number of amides is 2. The lowest BCUT2D eigenvalue weighted by atomic mass is 10.2. The number of carbonyl (C=O) groups is 2. The van der Waals surface area contributed by atoms with Gasteiger partial charge in [0.05, 0.1) is 11.4 Å². The van der Waals surface area contributed by atoms with Crippen LogP contribution >= 0.6 is 0 Å². The first-order chi connectivity index (χ1) is 9.52. The van der Waals surface area contributed by atoms with E-state index in [0.29, 0.717) is 0 Å². The van der Waals surface area contributed by atoms with Crippen molar-refractivity contribution < 1.29 is 14.7 Å². The van der Waals surface area contributed by atoms with Gasteiger partial charge in [-0.3, -0.25) is 9.69 Å². The third-order valence-electron chi connectivity index (χ3n) is 2.25. The van der Waals surface area contributed by atoms with Crippen LogP contribution < -0.4 is 10.6 Å². The Hall–Kier alpha value is -2.82. The summed E-state index contributed by atoms with van der Waals surface area (Å²) in [5, 5.41) is 7.42. The number of primary amides is 1. The normalized spacial score (nSPS) is 9.05. The van der Waals surface area contributed by atoms with E-state index in [0.717, 1.165) is 18.3 Å². The Morgan fingerprint density at radius 3 is 1.45 bits per heavy atom. The molecule has 2 aromatic rings. The number of benzene rings is 2. The number of hydrogen-bond donors (Lipinski definition) is 2. The molecule has 0 fully saturated rings. The molecule has 2 amide bonds. The van der Waals surface area contributed by atoms with Gasteiger partial charge in [-0.25, -0.2) is 4.79 Å². The minimum Gasteiger partial charge on any atom is -0.481 e. The van der Waals surface area contributed by atoms with Gasteiger partial charge in [0, 0.05) is 6.92 Å². The number of rotatable bonds is 2. The van der Waals surface area contributed by atoms with Crippen molar-refractivity contribution in [3.05, 3.63) is 60.7 Å². The van der Waals surface area contributed by atoms with Crippen LogP contribution in [0.1, 0.15) is 6.92 Å². The average molecular weight is 272 g/mol. The van der Waals surface area contributed by atoms with E-state index in [1.165, 1.54) is 4.90 Å². The fraction of sp³-hybridized carbons (Fsp3) is 0.0667. The predicted molar refractivity (Wildman–Crippen MR) is 77.9 cm³/mol. The molecule has 0 saturated heterocycles. The molecule has 0 aliphatic rings. The third-order valence-corrected chi connectivity index (χ3v) is 2.25. The lowest BCUT2D eigenvalue weighted by Gasteiger charge is -2.20. The topological polar surface area (TPSA) is 83.6 Å². The highest BCUT2D eigenvalue weighted by molar-refractivity contribution is 5.98. The molecule has 5 heteroatoms. The van der Waals surface area contributed by atoms with Gasteiger partial charge in [0.25, 0.3) is 5.97 Å². The summed E-state index contributed by atoms with van der Waals surface area (Å²) < 4.78 is 0. The van der Waals surface area contributed by atoms with Crippen molar-refractivity contribution in [1.82, 2.24) is 0 Å². The van der Waals surface area contributed by atoms with Crippen molar-refractivity contribution in [2.75, 3.05) is 4.90 Å². The lowest BCUT2D eigenvalue weighted by molar-refractivity contribution is -0.134. The van der Waals surface area contributed by atoms with Crippen LogP contribution in [0, 0.1) is 0 Å². The van der Waals surface area contributed by atoms with Gasteiger partial charge in [-0.05, 0) is 24.3 Å². The van der Waals surface area contributed by atoms with E-state index >= 15 is 0 Å².